The molecule has 0 spiro atoms. The first-order chi connectivity index (χ1) is 20.5. The summed E-state index contributed by atoms with van der Waals surface area (Å²) >= 11 is 1.31. The van der Waals surface area contributed by atoms with Crippen molar-refractivity contribution in [1.82, 2.24) is 30.3 Å². The van der Waals surface area contributed by atoms with Crippen molar-refractivity contribution in [3.05, 3.63) is 41.0 Å². The minimum atomic E-state index is -0.504. The molecule has 5 rings (SSSR count). The van der Waals surface area contributed by atoms with E-state index in [1.165, 1.54) is 11.3 Å². The molecular weight excluding hydrogens is 565 g/mol. The molecule has 1 saturated heterocycles. The van der Waals surface area contributed by atoms with E-state index in [1.54, 1.807) is 19.4 Å². The summed E-state index contributed by atoms with van der Waals surface area (Å²) < 4.78 is 5.83. The minimum Gasteiger partial charge on any atom is -0.494 e. The third-order valence-corrected chi connectivity index (χ3v) is 8.16. The predicted molar refractivity (Wildman–Crippen MR) is 175 cm³/mol. The summed E-state index contributed by atoms with van der Waals surface area (Å²) in [5.74, 6) is 0.146. The molecule has 3 amide bonds. The lowest BCUT2D eigenvalue weighted by atomic mass is 9.49. The van der Waals surface area contributed by atoms with Crippen LogP contribution in [-0.4, -0.2) is 112 Å². The van der Waals surface area contributed by atoms with Crippen LogP contribution in [0.3, 0.4) is 0 Å². The Bertz CT molecular complexity index is 1530. The molecule has 0 unspecified atom stereocenters. The van der Waals surface area contributed by atoms with E-state index in [2.05, 4.69) is 43.1 Å². The normalized spacial score (nSPS) is 15.8. The van der Waals surface area contributed by atoms with Crippen LogP contribution in [-0.2, 0) is 4.79 Å². The molecule has 3 heterocycles. The monoisotopic (exact) mass is 600 g/mol. The Morgan fingerprint density at radius 2 is 1.86 bits per heavy atom. The van der Waals surface area contributed by atoms with Crippen molar-refractivity contribution in [3.8, 4) is 16.3 Å². The van der Waals surface area contributed by atoms with Gasteiger partial charge in [-0.2, -0.15) is 0 Å². The molecule has 12 nitrogen and oxygen atoms in total. The SMILES string of the molecule is BC(B)(B)NC(=O)c1nnc(NC(=O)C2CC2)cc1Nc1cccc(-c2ncc(C(=O)N3CCCN(C)CC3)s2)c1OC. The van der Waals surface area contributed by atoms with Crippen LogP contribution < -0.4 is 20.7 Å². The van der Waals surface area contributed by atoms with E-state index in [1.807, 2.05) is 46.6 Å². The van der Waals surface area contributed by atoms with E-state index in [9.17, 15) is 14.4 Å². The van der Waals surface area contributed by atoms with Crippen LogP contribution in [0.25, 0.3) is 10.6 Å². The highest BCUT2D eigenvalue weighted by molar-refractivity contribution is 7.17. The van der Waals surface area contributed by atoms with E-state index in [-0.39, 0.29) is 29.2 Å². The van der Waals surface area contributed by atoms with Gasteiger partial charge in [0.25, 0.3) is 11.8 Å². The average Bonchev–Trinajstić information content (AvgIpc) is 3.74. The molecule has 2 aromatic heterocycles. The number of hydrogen-bond acceptors (Lipinski definition) is 10. The molecule has 1 saturated carbocycles. The first kappa shape index (κ1) is 30.5. The molecule has 0 atom stereocenters. The number of likely N-dealkylation sites (N-methyl/N-ethyl adjacent to an activating group) is 1. The molecule has 0 bridgehead atoms. The maximum absolute atomic E-state index is 13.3. The van der Waals surface area contributed by atoms with Crippen molar-refractivity contribution in [1.29, 1.82) is 0 Å². The van der Waals surface area contributed by atoms with Crippen molar-refractivity contribution in [2.75, 3.05) is 51.0 Å². The van der Waals surface area contributed by atoms with Crippen molar-refractivity contribution in [3.63, 3.8) is 0 Å². The van der Waals surface area contributed by atoms with Gasteiger partial charge in [0.05, 0.1) is 30.2 Å². The highest BCUT2D eigenvalue weighted by Gasteiger charge is 2.30. The second-order valence-electron chi connectivity index (χ2n) is 11.9. The third kappa shape index (κ3) is 7.55. The van der Waals surface area contributed by atoms with Gasteiger partial charge < -0.3 is 30.5 Å². The largest absolute Gasteiger partial charge is 0.494 e. The average molecular weight is 600 g/mol. The number of aromatic nitrogens is 3. The summed E-state index contributed by atoms with van der Waals surface area (Å²) in [4.78, 5) is 48.1. The Morgan fingerprint density at radius 1 is 1.07 bits per heavy atom. The quantitative estimate of drug-likeness (QED) is 0.283. The molecular formula is C27H35B3N8O4S. The molecule has 2 aliphatic rings. The summed E-state index contributed by atoms with van der Waals surface area (Å²) in [7, 11) is 9.25. The first-order valence-corrected chi connectivity index (χ1v) is 15.2. The molecule has 1 aliphatic carbocycles. The topological polar surface area (TPSA) is 142 Å². The summed E-state index contributed by atoms with van der Waals surface area (Å²) in [6.07, 6.45) is 4.24. The second kappa shape index (κ2) is 12.8. The van der Waals surface area contributed by atoms with Gasteiger partial charge in [-0.05, 0) is 50.2 Å². The van der Waals surface area contributed by atoms with Crippen molar-refractivity contribution < 1.29 is 19.1 Å². The van der Waals surface area contributed by atoms with Crippen LogP contribution in [0.15, 0.2) is 30.5 Å². The number of para-hydroxylation sites is 1. The smallest absolute Gasteiger partial charge is 0.272 e. The lowest BCUT2D eigenvalue weighted by molar-refractivity contribution is -0.117. The van der Waals surface area contributed by atoms with Gasteiger partial charge in [-0.3, -0.25) is 14.4 Å². The van der Waals surface area contributed by atoms with Gasteiger partial charge in [0.15, 0.2) is 17.3 Å². The van der Waals surface area contributed by atoms with E-state index in [0.29, 0.717) is 45.7 Å². The van der Waals surface area contributed by atoms with Gasteiger partial charge in [0.2, 0.25) is 5.91 Å². The third-order valence-electron chi connectivity index (χ3n) is 7.14. The number of carbonyl (C=O) groups is 3. The fourth-order valence-electron chi connectivity index (χ4n) is 4.76. The number of methoxy groups -OCH3 is 1. The Morgan fingerprint density at radius 3 is 2.58 bits per heavy atom. The number of nitrogens with zero attached hydrogens (tertiary/aromatic N) is 5. The number of nitrogens with one attached hydrogen (secondary N) is 3. The zero-order chi connectivity index (χ0) is 30.7. The van der Waals surface area contributed by atoms with E-state index >= 15 is 0 Å². The molecule has 3 N–H and O–H groups in total. The number of benzene rings is 1. The number of rotatable bonds is 9. The van der Waals surface area contributed by atoms with Crippen molar-refractivity contribution >= 4 is 69.8 Å². The van der Waals surface area contributed by atoms with Gasteiger partial charge in [0, 0.05) is 31.6 Å². The lowest BCUT2D eigenvalue weighted by Crippen LogP contribution is -2.50. The fourth-order valence-corrected chi connectivity index (χ4v) is 5.67. The van der Waals surface area contributed by atoms with Gasteiger partial charge >= 0.3 is 0 Å². The molecule has 1 aliphatic heterocycles. The number of amides is 3. The predicted octanol–water partition coefficient (Wildman–Crippen LogP) is -0.281. The summed E-state index contributed by atoms with van der Waals surface area (Å²) in [5, 5.41) is 17.4. The summed E-state index contributed by atoms with van der Waals surface area (Å²) in [5.41, 5.74) is 1.66. The van der Waals surface area contributed by atoms with Crippen molar-refractivity contribution in [2.24, 2.45) is 5.92 Å². The standard InChI is InChI=1S/C27H35B3N8O4S/c1-37-9-4-10-38(12-11-37)26(41)19-14-31-25(43-19)16-5-3-6-17(22(16)42-2)32-18-13-20(33-23(39)15-7-8-15)35-36-21(18)24(40)34-27(28,29)30/h3,5-6,13-15H,4,7-12,28-30H2,1-2H3,(H,34,40)(H2,32,33,35,39). The van der Waals surface area contributed by atoms with E-state index < -0.39 is 11.1 Å². The number of carbonyl (C=O) groups excluding carboxylic acids is 3. The van der Waals surface area contributed by atoms with Crippen LogP contribution in [0.1, 0.15) is 39.4 Å². The molecule has 2 fully saturated rings. The molecule has 16 heteroatoms. The van der Waals surface area contributed by atoms with Gasteiger partial charge in [-0.25, -0.2) is 4.98 Å². The van der Waals surface area contributed by atoms with E-state index in [4.69, 9.17) is 4.74 Å². The highest BCUT2D eigenvalue weighted by Crippen LogP contribution is 2.40. The van der Waals surface area contributed by atoms with Crippen LogP contribution in [0.2, 0.25) is 0 Å². The first-order valence-electron chi connectivity index (χ1n) is 14.4. The zero-order valence-electron chi connectivity index (χ0n) is 25.2. The maximum Gasteiger partial charge on any atom is 0.272 e. The highest BCUT2D eigenvalue weighted by atomic mass is 32.1. The molecule has 222 valence electrons. The second-order valence-corrected chi connectivity index (χ2v) is 13.0. The van der Waals surface area contributed by atoms with E-state index in [0.717, 1.165) is 32.4 Å². The maximum atomic E-state index is 13.3. The minimum absolute atomic E-state index is 0.0189. The molecule has 43 heavy (non-hydrogen) atoms. The molecule has 3 aromatic rings. The number of ether oxygens (including phenoxy) is 1. The Labute approximate surface area is 257 Å². The Balaban J connectivity index is 1.44. The fraction of sp³-hybridized carbons (Fsp3) is 0.407. The number of thiazole rings is 1. The van der Waals surface area contributed by atoms with Gasteiger partial charge in [-0.15, -0.1) is 21.5 Å². The Hall–Kier alpha value is -3.91. The van der Waals surface area contributed by atoms with Crippen LogP contribution in [0.5, 0.6) is 5.75 Å². The Kier molecular flexibility index (Phi) is 9.07. The van der Waals surface area contributed by atoms with Crippen molar-refractivity contribution in [2.45, 2.75) is 24.5 Å². The molecule has 1 aromatic carbocycles. The summed E-state index contributed by atoms with van der Waals surface area (Å²) in [6.45, 7) is 3.20. The molecule has 0 radical (unpaired) electrons. The zero-order valence-corrected chi connectivity index (χ0v) is 26.0. The van der Waals surface area contributed by atoms with Gasteiger partial charge in [-0.1, -0.05) is 6.07 Å². The van der Waals surface area contributed by atoms with Crippen LogP contribution in [0, 0.1) is 5.92 Å². The van der Waals surface area contributed by atoms with Crippen LogP contribution in [0.4, 0.5) is 17.2 Å². The summed E-state index contributed by atoms with van der Waals surface area (Å²) in [6, 6.07) is 7.12. The number of hydrogen-bond donors (Lipinski definition) is 3. The lowest BCUT2D eigenvalue weighted by Gasteiger charge is -2.22. The van der Waals surface area contributed by atoms with Gasteiger partial charge in [0.1, 0.15) is 33.4 Å². The van der Waals surface area contributed by atoms with Crippen LogP contribution >= 0.6 is 11.3 Å². The number of anilines is 3.